The first-order valence-electron chi connectivity index (χ1n) is 5.87. The second-order valence-corrected chi connectivity index (χ2v) is 4.25. The van der Waals surface area contributed by atoms with E-state index in [1.54, 1.807) is 0 Å². The van der Waals surface area contributed by atoms with Gasteiger partial charge in [-0.05, 0) is 37.5 Å². The van der Waals surface area contributed by atoms with Crippen LogP contribution in [-0.2, 0) is 11.3 Å². The van der Waals surface area contributed by atoms with Gasteiger partial charge >= 0.3 is 0 Å². The van der Waals surface area contributed by atoms with E-state index in [2.05, 4.69) is 5.32 Å². The minimum absolute atomic E-state index is 0.177. The summed E-state index contributed by atoms with van der Waals surface area (Å²) in [7, 11) is 0. The Morgan fingerprint density at radius 2 is 2.00 bits per heavy atom. The van der Waals surface area contributed by atoms with Gasteiger partial charge in [0.25, 0.3) is 0 Å². The highest BCUT2D eigenvalue weighted by atomic mass is 19.1. The molecule has 2 rings (SSSR count). The van der Waals surface area contributed by atoms with Crippen LogP contribution in [0.5, 0.6) is 0 Å². The first-order valence-corrected chi connectivity index (χ1v) is 5.87. The van der Waals surface area contributed by atoms with Gasteiger partial charge in [-0.25, -0.2) is 4.39 Å². The topological polar surface area (TPSA) is 21.3 Å². The summed E-state index contributed by atoms with van der Waals surface area (Å²) in [6.45, 7) is 3.64. The van der Waals surface area contributed by atoms with Gasteiger partial charge in [0, 0.05) is 19.2 Å². The van der Waals surface area contributed by atoms with Gasteiger partial charge in [-0.1, -0.05) is 12.1 Å². The number of benzene rings is 1. The van der Waals surface area contributed by atoms with Crippen LogP contribution < -0.4 is 5.32 Å². The van der Waals surface area contributed by atoms with E-state index in [-0.39, 0.29) is 5.82 Å². The molecule has 0 aromatic heterocycles. The molecule has 0 unspecified atom stereocenters. The summed E-state index contributed by atoms with van der Waals surface area (Å²) in [4.78, 5) is 0. The van der Waals surface area contributed by atoms with Crippen molar-refractivity contribution < 1.29 is 9.13 Å². The second-order valence-electron chi connectivity index (χ2n) is 4.25. The van der Waals surface area contributed by atoms with Gasteiger partial charge < -0.3 is 10.1 Å². The van der Waals surface area contributed by atoms with E-state index >= 15 is 0 Å². The highest BCUT2D eigenvalue weighted by Crippen LogP contribution is 2.23. The first kappa shape index (κ1) is 11.6. The predicted octanol–water partition coefficient (Wildman–Crippen LogP) is 2.48. The highest BCUT2D eigenvalue weighted by Gasteiger charge is 2.28. The molecule has 1 aliphatic carbocycles. The van der Waals surface area contributed by atoms with Gasteiger partial charge in [0.05, 0.1) is 6.10 Å². The summed E-state index contributed by atoms with van der Waals surface area (Å²) < 4.78 is 18.1. The van der Waals surface area contributed by atoms with Crippen molar-refractivity contribution in [2.45, 2.75) is 38.5 Å². The van der Waals surface area contributed by atoms with Crippen molar-refractivity contribution in [3.8, 4) is 0 Å². The third-order valence-corrected chi connectivity index (χ3v) is 3.01. The molecular formula is C13H18FNO. The zero-order chi connectivity index (χ0) is 11.4. The van der Waals surface area contributed by atoms with Crippen LogP contribution in [0.3, 0.4) is 0 Å². The summed E-state index contributed by atoms with van der Waals surface area (Å²) >= 11 is 0. The van der Waals surface area contributed by atoms with Gasteiger partial charge in [-0.15, -0.1) is 0 Å². The van der Waals surface area contributed by atoms with E-state index in [1.807, 2.05) is 19.1 Å². The third-order valence-electron chi connectivity index (χ3n) is 3.01. The van der Waals surface area contributed by atoms with E-state index in [0.29, 0.717) is 12.1 Å². The normalized spacial score (nSPS) is 24.1. The van der Waals surface area contributed by atoms with Gasteiger partial charge in [0.1, 0.15) is 5.82 Å². The lowest BCUT2D eigenvalue weighted by molar-refractivity contribution is -0.0102. The minimum Gasteiger partial charge on any atom is -0.378 e. The number of ether oxygens (including phenoxy) is 1. The standard InChI is InChI=1S/C13H18FNO/c1-2-16-13-7-12(8-13)15-9-10-3-5-11(14)6-4-10/h3-6,12-13,15H,2,7-9H2,1H3. The molecule has 16 heavy (non-hydrogen) atoms. The zero-order valence-corrected chi connectivity index (χ0v) is 9.58. The summed E-state index contributed by atoms with van der Waals surface area (Å²) in [5, 5.41) is 3.44. The van der Waals surface area contributed by atoms with Crippen molar-refractivity contribution >= 4 is 0 Å². The molecule has 0 bridgehead atoms. The molecule has 1 N–H and O–H groups in total. The molecule has 88 valence electrons. The van der Waals surface area contributed by atoms with Gasteiger partial charge in [-0.3, -0.25) is 0 Å². The van der Waals surface area contributed by atoms with Crippen LogP contribution in [0.25, 0.3) is 0 Å². The molecule has 0 saturated heterocycles. The smallest absolute Gasteiger partial charge is 0.123 e. The SMILES string of the molecule is CCOC1CC(NCc2ccc(F)cc2)C1. The molecular weight excluding hydrogens is 205 g/mol. The van der Waals surface area contributed by atoms with E-state index in [1.165, 1.54) is 12.1 Å². The monoisotopic (exact) mass is 223 g/mol. The molecule has 0 radical (unpaired) electrons. The molecule has 2 nitrogen and oxygen atoms in total. The quantitative estimate of drug-likeness (QED) is 0.828. The fourth-order valence-electron chi connectivity index (χ4n) is 1.97. The lowest BCUT2D eigenvalue weighted by atomic mass is 9.89. The van der Waals surface area contributed by atoms with E-state index in [9.17, 15) is 4.39 Å². The van der Waals surface area contributed by atoms with Crippen molar-refractivity contribution in [1.29, 1.82) is 0 Å². The van der Waals surface area contributed by atoms with Crippen LogP contribution in [0.4, 0.5) is 4.39 Å². The fourth-order valence-corrected chi connectivity index (χ4v) is 1.97. The number of halogens is 1. The third kappa shape index (κ3) is 3.03. The van der Waals surface area contributed by atoms with Crippen molar-refractivity contribution in [2.24, 2.45) is 0 Å². The average molecular weight is 223 g/mol. The Bertz CT molecular complexity index is 319. The zero-order valence-electron chi connectivity index (χ0n) is 9.58. The van der Waals surface area contributed by atoms with Crippen molar-refractivity contribution in [2.75, 3.05) is 6.61 Å². The van der Waals surface area contributed by atoms with Crippen LogP contribution in [0, 0.1) is 5.82 Å². The number of rotatable bonds is 5. The Balaban J connectivity index is 1.67. The molecule has 0 amide bonds. The van der Waals surface area contributed by atoms with Gasteiger partial charge in [0.15, 0.2) is 0 Å². The summed E-state index contributed by atoms with van der Waals surface area (Å²) in [6, 6.07) is 7.20. The molecule has 1 saturated carbocycles. The molecule has 0 heterocycles. The van der Waals surface area contributed by atoms with Crippen LogP contribution in [0.2, 0.25) is 0 Å². The maximum Gasteiger partial charge on any atom is 0.123 e. The Morgan fingerprint density at radius 3 is 2.62 bits per heavy atom. The highest BCUT2D eigenvalue weighted by molar-refractivity contribution is 5.15. The maximum atomic E-state index is 12.7. The molecule has 0 aliphatic heterocycles. The first-order chi connectivity index (χ1) is 7.78. The maximum absolute atomic E-state index is 12.7. The van der Waals surface area contributed by atoms with Gasteiger partial charge in [0.2, 0.25) is 0 Å². The Kier molecular flexibility index (Phi) is 3.91. The fraction of sp³-hybridized carbons (Fsp3) is 0.538. The molecule has 3 heteroatoms. The number of hydrogen-bond donors (Lipinski definition) is 1. The molecule has 1 aromatic rings. The predicted molar refractivity (Wildman–Crippen MR) is 61.7 cm³/mol. The van der Waals surface area contributed by atoms with Crippen molar-refractivity contribution in [3.05, 3.63) is 35.6 Å². The Labute approximate surface area is 95.8 Å². The molecule has 0 atom stereocenters. The Hall–Kier alpha value is -0.930. The lowest BCUT2D eigenvalue weighted by Crippen LogP contribution is -2.45. The van der Waals surface area contributed by atoms with Crippen LogP contribution in [0.1, 0.15) is 25.3 Å². The van der Waals surface area contributed by atoms with E-state index < -0.39 is 0 Å². The lowest BCUT2D eigenvalue weighted by Gasteiger charge is -2.35. The minimum atomic E-state index is -0.177. The van der Waals surface area contributed by atoms with Crippen molar-refractivity contribution in [1.82, 2.24) is 5.32 Å². The number of hydrogen-bond acceptors (Lipinski definition) is 2. The number of nitrogens with one attached hydrogen (secondary N) is 1. The van der Waals surface area contributed by atoms with Gasteiger partial charge in [-0.2, -0.15) is 0 Å². The molecule has 1 aliphatic rings. The summed E-state index contributed by atoms with van der Waals surface area (Å²) in [6.07, 6.45) is 2.63. The van der Waals surface area contributed by atoms with Crippen molar-refractivity contribution in [3.63, 3.8) is 0 Å². The van der Waals surface area contributed by atoms with E-state index in [4.69, 9.17) is 4.74 Å². The summed E-state index contributed by atoms with van der Waals surface area (Å²) in [5.74, 6) is -0.177. The average Bonchev–Trinajstić information content (AvgIpc) is 2.24. The summed E-state index contributed by atoms with van der Waals surface area (Å²) in [5.41, 5.74) is 1.13. The Morgan fingerprint density at radius 1 is 1.31 bits per heavy atom. The van der Waals surface area contributed by atoms with Crippen LogP contribution in [0.15, 0.2) is 24.3 Å². The van der Waals surface area contributed by atoms with Crippen LogP contribution in [-0.4, -0.2) is 18.8 Å². The largest absolute Gasteiger partial charge is 0.378 e. The molecule has 1 aromatic carbocycles. The molecule has 0 spiro atoms. The van der Waals surface area contributed by atoms with Crippen LogP contribution >= 0.6 is 0 Å². The molecule has 1 fully saturated rings. The van der Waals surface area contributed by atoms with E-state index in [0.717, 1.165) is 31.6 Å². The second kappa shape index (κ2) is 5.41.